The van der Waals surface area contributed by atoms with Crippen LogP contribution in [0.4, 0.5) is 18.9 Å². The Hall–Kier alpha value is -2.21. The molecule has 1 aromatic carbocycles. The molecule has 0 bridgehead atoms. The van der Waals surface area contributed by atoms with Gasteiger partial charge < -0.3 is 4.74 Å². The van der Waals surface area contributed by atoms with Gasteiger partial charge >= 0.3 is 21.6 Å². The Labute approximate surface area is 128 Å². The van der Waals surface area contributed by atoms with Crippen LogP contribution in [0, 0.1) is 10.1 Å². The Morgan fingerprint density at radius 3 is 2.22 bits per heavy atom. The molecule has 0 saturated carbocycles. The van der Waals surface area contributed by atoms with E-state index in [-0.39, 0.29) is 11.3 Å². The van der Waals surface area contributed by atoms with E-state index in [1.54, 1.807) is 0 Å². The second-order valence-electron chi connectivity index (χ2n) is 4.14. The van der Waals surface area contributed by atoms with Crippen molar-refractivity contribution in [1.29, 1.82) is 0 Å². The van der Waals surface area contributed by atoms with E-state index in [1.807, 2.05) is 0 Å². The number of nitrogens with zero attached hydrogens (tertiary/aromatic N) is 1. The lowest BCUT2D eigenvalue weighted by atomic mass is 10.1. The molecule has 0 fully saturated rings. The van der Waals surface area contributed by atoms with E-state index < -0.39 is 39.0 Å². The fourth-order valence-electron chi connectivity index (χ4n) is 1.46. The molecule has 0 aliphatic rings. The van der Waals surface area contributed by atoms with Gasteiger partial charge in [0.05, 0.1) is 12.0 Å². The lowest BCUT2D eigenvalue weighted by Gasteiger charge is -2.16. The lowest BCUT2D eigenvalue weighted by molar-refractivity contribution is -0.384. The highest BCUT2D eigenvalue weighted by molar-refractivity contribution is 7.87. The van der Waals surface area contributed by atoms with Crippen molar-refractivity contribution in [3.05, 3.63) is 39.9 Å². The maximum Gasteiger partial charge on any atom is 0.523 e. The number of alkyl halides is 3. The predicted octanol–water partition coefficient (Wildman–Crippen LogP) is 1.55. The average Bonchev–Trinajstić information content (AvgIpc) is 2.44. The number of hydrogen-bond donors (Lipinski definition) is 0. The van der Waals surface area contributed by atoms with Gasteiger partial charge in [0.25, 0.3) is 5.69 Å². The number of hydrogen-bond acceptors (Lipinski definition) is 7. The van der Waals surface area contributed by atoms with Crippen LogP contribution in [0.1, 0.15) is 5.56 Å². The van der Waals surface area contributed by atoms with Gasteiger partial charge in [-0.15, -0.1) is 0 Å². The molecular formula is C11H10F3NO7S. The van der Waals surface area contributed by atoms with Crippen LogP contribution < -0.4 is 0 Å². The van der Waals surface area contributed by atoms with E-state index in [0.717, 1.165) is 31.4 Å². The number of carbonyl (C=O) groups excluding carboxylic acids is 1. The molecule has 0 amide bonds. The molecule has 0 aliphatic carbocycles. The zero-order valence-corrected chi connectivity index (χ0v) is 12.3. The lowest BCUT2D eigenvalue weighted by Crippen LogP contribution is -2.36. The zero-order chi connectivity index (χ0) is 17.8. The third-order valence-corrected chi connectivity index (χ3v) is 3.61. The summed E-state index contributed by atoms with van der Waals surface area (Å²) in [4.78, 5) is 21.2. The molecule has 0 spiro atoms. The summed E-state index contributed by atoms with van der Waals surface area (Å²) in [6.07, 6.45) is -2.66. The standard InChI is InChI=1S/C11H10F3NO7S/c1-21-10(16)9(22-23(19,20)11(12,13)14)6-7-2-4-8(5-3-7)15(17)18/h2-5,9H,6H2,1H3/t9-/m0/s1. The van der Waals surface area contributed by atoms with Crippen molar-refractivity contribution < 1.29 is 40.2 Å². The molecule has 0 radical (unpaired) electrons. The number of nitro benzene ring substituents is 1. The summed E-state index contributed by atoms with van der Waals surface area (Å²) in [5.74, 6) is -1.34. The fraction of sp³-hybridized carbons (Fsp3) is 0.364. The summed E-state index contributed by atoms with van der Waals surface area (Å²) in [7, 11) is -5.16. The average molecular weight is 357 g/mol. The third kappa shape index (κ3) is 4.89. The van der Waals surface area contributed by atoms with E-state index in [2.05, 4.69) is 8.92 Å². The number of esters is 1. The number of methoxy groups -OCH3 is 1. The second-order valence-corrected chi connectivity index (χ2v) is 5.70. The van der Waals surface area contributed by atoms with Gasteiger partial charge in [0.15, 0.2) is 6.10 Å². The summed E-state index contributed by atoms with van der Waals surface area (Å²) in [5, 5.41) is 10.5. The van der Waals surface area contributed by atoms with Crippen molar-refractivity contribution in [2.24, 2.45) is 0 Å². The third-order valence-electron chi connectivity index (χ3n) is 2.56. The molecule has 1 rings (SSSR count). The van der Waals surface area contributed by atoms with Gasteiger partial charge in [0.1, 0.15) is 0 Å². The molecule has 1 atom stereocenters. The summed E-state index contributed by atoms with van der Waals surface area (Å²) < 4.78 is 66.9. The van der Waals surface area contributed by atoms with Crippen LogP contribution in [-0.4, -0.2) is 38.0 Å². The number of carbonyl (C=O) groups is 1. The van der Waals surface area contributed by atoms with Gasteiger partial charge in [-0.2, -0.15) is 21.6 Å². The van der Waals surface area contributed by atoms with Gasteiger partial charge in [0.2, 0.25) is 0 Å². The quantitative estimate of drug-likeness (QED) is 0.249. The number of halogens is 3. The first-order chi connectivity index (χ1) is 10.5. The van der Waals surface area contributed by atoms with Gasteiger partial charge in [-0.05, 0) is 5.56 Å². The predicted molar refractivity (Wildman–Crippen MR) is 68.7 cm³/mol. The number of non-ortho nitro benzene ring substituents is 1. The van der Waals surface area contributed by atoms with E-state index in [1.165, 1.54) is 0 Å². The first kappa shape index (κ1) is 18.8. The van der Waals surface area contributed by atoms with Crippen molar-refractivity contribution >= 4 is 21.8 Å². The summed E-state index contributed by atoms with van der Waals surface area (Å²) in [5.41, 5.74) is -5.84. The zero-order valence-electron chi connectivity index (χ0n) is 11.4. The molecule has 12 heteroatoms. The van der Waals surface area contributed by atoms with Crippen molar-refractivity contribution in [2.75, 3.05) is 7.11 Å². The Balaban J connectivity index is 3.00. The Bertz CT molecular complexity index is 685. The summed E-state index contributed by atoms with van der Waals surface area (Å²) in [6.45, 7) is 0. The van der Waals surface area contributed by atoms with E-state index in [0.29, 0.717) is 0 Å². The maximum atomic E-state index is 12.3. The molecule has 0 saturated heterocycles. The highest BCUT2D eigenvalue weighted by Crippen LogP contribution is 2.27. The largest absolute Gasteiger partial charge is 0.523 e. The number of nitro groups is 1. The van der Waals surface area contributed by atoms with Crippen LogP contribution >= 0.6 is 0 Å². The molecule has 0 unspecified atom stereocenters. The van der Waals surface area contributed by atoms with E-state index in [4.69, 9.17) is 0 Å². The molecule has 0 heterocycles. The van der Waals surface area contributed by atoms with Gasteiger partial charge in [0, 0.05) is 18.6 Å². The fourth-order valence-corrected chi connectivity index (χ4v) is 2.02. The van der Waals surface area contributed by atoms with Crippen LogP contribution in [0.3, 0.4) is 0 Å². The van der Waals surface area contributed by atoms with E-state index in [9.17, 15) is 36.5 Å². The molecule has 0 N–H and O–H groups in total. The molecule has 8 nitrogen and oxygen atoms in total. The SMILES string of the molecule is COC(=O)[C@H](Cc1ccc([N+](=O)[O-])cc1)OS(=O)(=O)C(F)(F)F. The molecule has 0 aliphatic heterocycles. The molecule has 1 aromatic rings. The molecule has 0 aromatic heterocycles. The first-order valence-corrected chi connectivity index (χ1v) is 7.19. The van der Waals surface area contributed by atoms with Crippen molar-refractivity contribution in [2.45, 2.75) is 18.0 Å². The smallest absolute Gasteiger partial charge is 0.467 e. The van der Waals surface area contributed by atoms with Crippen LogP contribution in [0.5, 0.6) is 0 Å². The minimum atomic E-state index is -6.00. The van der Waals surface area contributed by atoms with Crippen molar-refractivity contribution in [3.63, 3.8) is 0 Å². The Kier molecular flexibility index (Phi) is 5.66. The summed E-state index contributed by atoms with van der Waals surface area (Å²) in [6, 6.07) is 4.39. The minimum absolute atomic E-state index is 0.142. The highest BCUT2D eigenvalue weighted by atomic mass is 32.2. The minimum Gasteiger partial charge on any atom is -0.467 e. The number of benzene rings is 1. The van der Waals surface area contributed by atoms with Crippen LogP contribution in [0.2, 0.25) is 0 Å². The van der Waals surface area contributed by atoms with Gasteiger partial charge in [-0.25, -0.2) is 8.98 Å². The molecule has 23 heavy (non-hydrogen) atoms. The van der Waals surface area contributed by atoms with Gasteiger partial charge in [-0.1, -0.05) is 12.1 Å². The first-order valence-electron chi connectivity index (χ1n) is 5.78. The van der Waals surface area contributed by atoms with Crippen LogP contribution in [0.15, 0.2) is 24.3 Å². The Morgan fingerprint density at radius 2 is 1.83 bits per heavy atom. The number of ether oxygens (including phenoxy) is 1. The van der Waals surface area contributed by atoms with Crippen LogP contribution in [0.25, 0.3) is 0 Å². The second kappa shape index (κ2) is 6.91. The molecule has 128 valence electrons. The number of rotatable bonds is 6. The molecular weight excluding hydrogens is 347 g/mol. The maximum absolute atomic E-state index is 12.3. The topological polar surface area (TPSA) is 113 Å². The van der Waals surface area contributed by atoms with Crippen molar-refractivity contribution in [3.8, 4) is 0 Å². The Morgan fingerprint density at radius 1 is 1.30 bits per heavy atom. The van der Waals surface area contributed by atoms with Gasteiger partial charge in [-0.3, -0.25) is 10.1 Å². The van der Waals surface area contributed by atoms with E-state index >= 15 is 0 Å². The highest BCUT2D eigenvalue weighted by Gasteiger charge is 2.49. The monoisotopic (exact) mass is 357 g/mol. The summed E-state index contributed by atoms with van der Waals surface area (Å²) >= 11 is 0. The normalized spacial score (nSPS) is 13.4. The van der Waals surface area contributed by atoms with Crippen molar-refractivity contribution in [1.82, 2.24) is 0 Å². The van der Waals surface area contributed by atoms with Crippen LogP contribution in [-0.2, 0) is 30.3 Å².